The van der Waals surface area contributed by atoms with Crippen LogP contribution < -0.4 is 5.32 Å². The lowest BCUT2D eigenvalue weighted by Gasteiger charge is -2.05. The van der Waals surface area contributed by atoms with Crippen LogP contribution in [0.15, 0.2) is 18.5 Å². The molecule has 2 atom stereocenters. The van der Waals surface area contributed by atoms with E-state index in [1.165, 1.54) is 30.5 Å². The second-order valence-electron chi connectivity index (χ2n) is 6.32. The van der Waals surface area contributed by atoms with E-state index < -0.39 is 0 Å². The Morgan fingerprint density at radius 2 is 2.18 bits per heavy atom. The van der Waals surface area contributed by atoms with Crippen LogP contribution in [-0.4, -0.2) is 17.6 Å². The van der Waals surface area contributed by atoms with Crippen molar-refractivity contribution in [1.29, 1.82) is 0 Å². The van der Waals surface area contributed by atoms with Crippen molar-refractivity contribution in [1.82, 2.24) is 10.3 Å². The van der Waals surface area contributed by atoms with Gasteiger partial charge in [-0.05, 0) is 60.8 Å². The lowest BCUT2D eigenvalue weighted by atomic mass is 10.0. The molecule has 2 heteroatoms. The Labute approximate surface area is 104 Å². The van der Waals surface area contributed by atoms with Crippen molar-refractivity contribution in [3.63, 3.8) is 0 Å². The molecule has 0 bridgehead atoms. The van der Waals surface area contributed by atoms with Crippen LogP contribution in [0.1, 0.15) is 43.7 Å². The van der Waals surface area contributed by atoms with Gasteiger partial charge in [-0.25, -0.2) is 0 Å². The highest BCUT2D eigenvalue weighted by molar-refractivity contribution is 5.35. The quantitative estimate of drug-likeness (QED) is 0.860. The maximum Gasteiger partial charge on any atom is 0.0305 e. The minimum absolute atomic E-state index is 0.440. The molecule has 1 N–H and O–H groups in total. The summed E-state index contributed by atoms with van der Waals surface area (Å²) in [6.45, 7) is 8.17. The van der Waals surface area contributed by atoms with E-state index in [-0.39, 0.29) is 0 Å². The molecule has 0 saturated heterocycles. The van der Waals surface area contributed by atoms with Crippen LogP contribution >= 0.6 is 0 Å². The van der Waals surface area contributed by atoms with E-state index in [0.717, 1.165) is 12.0 Å². The molecule has 1 aromatic rings. The molecular weight excluding hydrogens is 208 g/mol. The first-order chi connectivity index (χ1) is 8.10. The summed E-state index contributed by atoms with van der Waals surface area (Å²) in [7, 11) is 0. The van der Waals surface area contributed by atoms with E-state index in [2.05, 4.69) is 43.3 Å². The van der Waals surface area contributed by atoms with Crippen LogP contribution in [0.5, 0.6) is 0 Å². The minimum atomic E-state index is 0.440. The highest BCUT2D eigenvalue weighted by Gasteiger charge is 2.58. The lowest BCUT2D eigenvalue weighted by molar-refractivity contribution is 0.517. The van der Waals surface area contributed by atoms with Crippen LogP contribution in [-0.2, 0) is 0 Å². The zero-order valence-electron chi connectivity index (χ0n) is 11.0. The highest BCUT2D eigenvalue weighted by atomic mass is 15.0. The fourth-order valence-corrected chi connectivity index (χ4v) is 3.13. The summed E-state index contributed by atoms with van der Waals surface area (Å²) >= 11 is 0. The maximum atomic E-state index is 4.29. The Balaban J connectivity index is 1.72. The summed E-state index contributed by atoms with van der Waals surface area (Å²) in [4.78, 5) is 4.29. The molecule has 0 aromatic carbocycles. The standard InChI is InChI=1S/C15H22N2/c1-10-6-7-16-8-12(10)14-13(15(14,2)3)9-17-11-4-5-11/h6-8,11,13-14,17H,4-5,9H2,1-3H3. The van der Waals surface area contributed by atoms with Crippen LogP contribution in [0.3, 0.4) is 0 Å². The van der Waals surface area contributed by atoms with Gasteiger partial charge in [-0.2, -0.15) is 0 Å². The Bertz CT molecular complexity index is 421. The van der Waals surface area contributed by atoms with Crippen molar-refractivity contribution in [3.05, 3.63) is 29.6 Å². The molecule has 2 nitrogen and oxygen atoms in total. The summed E-state index contributed by atoms with van der Waals surface area (Å²) in [5.41, 5.74) is 3.29. The van der Waals surface area contributed by atoms with Crippen LogP contribution in [0.25, 0.3) is 0 Å². The fraction of sp³-hybridized carbons (Fsp3) is 0.667. The number of hydrogen-bond acceptors (Lipinski definition) is 2. The second kappa shape index (κ2) is 3.81. The molecule has 1 aromatic heterocycles. The van der Waals surface area contributed by atoms with E-state index in [0.29, 0.717) is 11.3 Å². The molecule has 2 unspecified atom stereocenters. The normalized spacial score (nSPS) is 30.3. The third-order valence-corrected chi connectivity index (χ3v) is 4.67. The predicted octanol–water partition coefficient (Wildman–Crippen LogP) is 2.88. The van der Waals surface area contributed by atoms with Crippen molar-refractivity contribution < 1.29 is 0 Å². The molecule has 3 rings (SSSR count). The zero-order chi connectivity index (χ0) is 12.0. The smallest absolute Gasteiger partial charge is 0.0305 e. The number of nitrogens with one attached hydrogen (secondary N) is 1. The van der Waals surface area contributed by atoms with Gasteiger partial charge in [0.1, 0.15) is 0 Å². The van der Waals surface area contributed by atoms with Gasteiger partial charge in [0.2, 0.25) is 0 Å². The fourth-order valence-electron chi connectivity index (χ4n) is 3.13. The SMILES string of the molecule is Cc1ccncc1C1C(CNC2CC2)C1(C)C. The lowest BCUT2D eigenvalue weighted by Crippen LogP contribution is -2.20. The third kappa shape index (κ3) is 1.99. The third-order valence-electron chi connectivity index (χ3n) is 4.67. The van der Waals surface area contributed by atoms with Gasteiger partial charge in [-0.3, -0.25) is 4.98 Å². The van der Waals surface area contributed by atoms with E-state index >= 15 is 0 Å². The summed E-state index contributed by atoms with van der Waals surface area (Å²) in [6.07, 6.45) is 6.72. The number of nitrogens with zero attached hydrogens (tertiary/aromatic N) is 1. The summed E-state index contributed by atoms with van der Waals surface area (Å²) in [6, 6.07) is 2.96. The van der Waals surface area contributed by atoms with E-state index in [1.807, 2.05) is 6.20 Å². The molecule has 0 aliphatic heterocycles. The summed E-state index contributed by atoms with van der Waals surface area (Å²) < 4.78 is 0. The molecule has 2 fully saturated rings. The molecule has 17 heavy (non-hydrogen) atoms. The van der Waals surface area contributed by atoms with Crippen molar-refractivity contribution in [3.8, 4) is 0 Å². The Morgan fingerprint density at radius 1 is 1.41 bits per heavy atom. The monoisotopic (exact) mass is 230 g/mol. The van der Waals surface area contributed by atoms with Gasteiger partial charge in [-0.1, -0.05) is 13.8 Å². The molecule has 1 heterocycles. The average molecular weight is 230 g/mol. The zero-order valence-corrected chi connectivity index (χ0v) is 11.0. The number of aryl methyl sites for hydroxylation is 1. The van der Waals surface area contributed by atoms with E-state index in [1.54, 1.807) is 0 Å². The molecule has 2 saturated carbocycles. The van der Waals surface area contributed by atoms with Crippen molar-refractivity contribution in [2.45, 2.75) is 45.6 Å². The van der Waals surface area contributed by atoms with Gasteiger partial charge in [0.15, 0.2) is 0 Å². The molecule has 0 spiro atoms. The minimum Gasteiger partial charge on any atom is -0.314 e. The summed E-state index contributed by atoms with van der Waals surface area (Å²) in [5, 5.41) is 3.67. The number of aromatic nitrogens is 1. The van der Waals surface area contributed by atoms with Crippen molar-refractivity contribution in [2.24, 2.45) is 11.3 Å². The first-order valence-electron chi connectivity index (χ1n) is 6.74. The average Bonchev–Trinajstić information content (AvgIpc) is 3.15. The van der Waals surface area contributed by atoms with E-state index in [9.17, 15) is 0 Å². The van der Waals surface area contributed by atoms with Gasteiger partial charge >= 0.3 is 0 Å². The predicted molar refractivity (Wildman–Crippen MR) is 70.0 cm³/mol. The Kier molecular flexibility index (Phi) is 2.51. The number of rotatable bonds is 4. The molecule has 0 amide bonds. The van der Waals surface area contributed by atoms with Crippen molar-refractivity contribution >= 4 is 0 Å². The second-order valence-corrected chi connectivity index (χ2v) is 6.32. The molecule has 2 aliphatic carbocycles. The number of pyridine rings is 1. The molecule has 2 aliphatic rings. The van der Waals surface area contributed by atoms with Crippen molar-refractivity contribution in [2.75, 3.05) is 6.54 Å². The van der Waals surface area contributed by atoms with Crippen LogP contribution in [0.2, 0.25) is 0 Å². The van der Waals surface area contributed by atoms with Gasteiger partial charge in [-0.15, -0.1) is 0 Å². The Hall–Kier alpha value is -0.890. The molecular formula is C15H22N2. The largest absolute Gasteiger partial charge is 0.314 e. The topological polar surface area (TPSA) is 24.9 Å². The molecule has 0 radical (unpaired) electrons. The first kappa shape index (κ1) is 11.2. The van der Waals surface area contributed by atoms with Gasteiger partial charge in [0.25, 0.3) is 0 Å². The van der Waals surface area contributed by atoms with Crippen LogP contribution in [0.4, 0.5) is 0 Å². The van der Waals surface area contributed by atoms with Crippen LogP contribution in [0, 0.1) is 18.3 Å². The summed E-state index contributed by atoms with van der Waals surface area (Å²) in [5.74, 6) is 1.48. The highest BCUT2D eigenvalue weighted by Crippen LogP contribution is 2.64. The van der Waals surface area contributed by atoms with E-state index in [4.69, 9.17) is 0 Å². The van der Waals surface area contributed by atoms with Gasteiger partial charge in [0, 0.05) is 18.4 Å². The Morgan fingerprint density at radius 3 is 2.82 bits per heavy atom. The van der Waals surface area contributed by atoms with Gasteiger partial charge < -0.3 is 5.32 Å². The maximum absolute atomic E-state index is 4.29. The molecule has 92 valence electrons. The number of hydrogen-bond donors (Lipinski definition) is 1. The van der Waals surface area contributed by atoms with Gasteiger partial charge in [0.05, 0.1) is 0 Å². The first-order valence-corrected chi connectivity index (χ1v) is 6.74.